The molecule has 0 aliphatic carbocycles. The Morgan fingerprint density at radius 2 is 2.18 bits per heavy atom. The fourth-order valence-electron chi connectivity index (χ4n) is 1.23. The number of nitrogens with one attached hydrogen (secondary N) is 1. The van der Waals surface area contributed by atoms with Gasteiger partial charge in [0.1, 0.15) is 5.75 Å². The zero-order valence-electron chi connectivity index (χ0n) is 9.34. The lowest BCUT2D eigenvalue weighted by molar-refractivity contribution is -0.118. The number of hydrogen-bond donors (Lipinski definition) is 1. The Kier molecular flexibility index (Phi) is 3.72. The number of ether oxygens (including phenoxy) is 1. The summed E-state index contributed by atoms with van der Waals surface area (Å²) < 4.78 is 5.31. The van der Waals surface area contributed by atoms with E-state index in [0.717, 1.165) is 5.69 Å². The van der Waals surface area contributed by atoms with Crippen molar-refractivity contribution >= 4 is 22.4 Å². The first-order valence-electron chi connectivity index (χ1n) is 5.14. The van der Waals surface area contributed by atoms with Crippen LogP contribution >= 0.6 is 11.3 Å². The second kappa shape index (κ2) is 5.45. The van der Waals surface area contributed by atoms with Gasteiger partial charge >= 0.3 is 0 Å². The maximum absolute atomic E-state index is 11.5. The zero-order valence-corrected chi connectivity index (χ0v) is 10.2. The first-order valence-corrected chi connectivity index (χ1v) is 6.02. The molecule has 88 valence electrons. The largest absolute Gasteiger partial charge is 0.484 e. The van der Waals surface area contributed by atoms with E-state index in [2.05, 4.69) is 10.3 Å². The summed E-state index contributed by atoms with van der Waals surface area (Å²) in [6.45, 7) is 1.87. The first kappa shape index (κ1) is 11.6. The maximum Gasteiger partial charge on any atom is 0.264 e. The van der Waals surface area contributed by atoms with Gasteiger partial charge in [0, 0.05) is 5.38 Å². The molecule has 0 bridgehead atoms. The summed E-state index contributed by atoms with van der Waals surface area (Å²) in [7, 11) is 0. The first-order chi connectivity index (χ1) is 8.24. The summed E-state index contributed by atoms with van der Waals surface area (Å²) in [6, 6.07) is 9.22. The standard InChI is InChI=1S/C12H12N2O2S/c1-9-8-17-12(13-9)14-11(15)7-16-10-5-3-2-4-6-10/h2-6,8H,7H2,1H3,(H,13,14,15). The Morgan fingerprint density at radius 3 is 2.82 bits per heavy atom. The van der Waals surface area contributed by atoms with Crippen LogP contribution in [0.15, 0.2) is 35.7 Å². The van der Waals surface area contributed by atoms with Gasteiger partial charge in [0.15, 0.2) is 11.7 Å². The number of benzene rings is 1. The number of para-hydroxylation sites is 1. The van der Waals surface area contributed by atoms with Crippen molar-refractivity contribution in [3.05, 3.63) is 41.4 Å². The third-order valence-corrected chi connectivity index (χ3v) is 2.85. The van der Waals surface area contributed by atoms with Crippen molar-refractivity contribution in [2.45, 2.75) is 6.92 Å². The average Bonchev–Trinajstić information content (AvgIpc) is 2.73. The van der Waals surface area contributed by atoms with Crippen LogP contribution in [0.25, 0.3) is 0 Å². The van der Waals surface area contributed by atoms with E-state index in [1.807, 2.05) is 30.5 Å². The van der Waals surface area contributed by atoms with Crippen molar-refractivity contribution < 1.29 is 9.53 Å². The molecule has 4 nitrogen and oxygen atoms in total. The highest BCUT2D eigenvalue weighted by Gasteiger charge is 2.05. The smallest absolute Gasteiger partial charge is 0.264 e. The third-order valence-electron chi connectivity index (χ3n) is 1.98. The molecular formula is C12H12N2O2S. The maximum atomic E-state index is 11.5. The molecular weight excluding hydrogens is 236 g/mol. The van der Waals surface area contributed by atoms with Crippen LogP contribution in [0.5, 0.6) is 5.75 Å². The van der Waals surface area contributed by atoms with Crippen LogP contribution in [-0.4, -0.2) is 17.5 Å². The van der Waals surface area contributed by atoms with Gasteiger partial charge in [-0.05, 0) is 19.1 Å². The number of carbonyl (C=O) groups is 1. The van der Waals surface area contributed by atoms with Crippen molar-refractivity contribution in [1.82, 2.24) is 4.98 Å². The van der Waals surface area contributed by atoms with Crippen molar-refractivity contribution in [2.75, 3.05) is 11.9 Å². The number of rotatable bonds is 4. The van der Waals surface area contributed by atoms with Gasteiger partial charge in [0.25, 0.3) is 5.91 Å². The molecule has 0 aliphatic heterocycles. The molecule has 0 aliphatic rings. The van der Waals surface area contributed by atoms with Crippen molar-refractivity contribution in [1.29, 1.82) is 0 Å². The van der Waals surface area contributed by atoms with Crippen LogP contribution in [-0.2, 0) is 4.79 Å². The molecule has 1 heterocycles. The number of thiazole rings is 1. The lowest BCUT2D eigenvalue weighted by Gasteiger charge is -2.04. The van der Waals surface area contributed by atoms with Crippen molar-refractivity contribution in [3.63, 3.8) is 0 Å². The minimum atomic E-state index is -0.205. The monoisotopic (exact) mass is 248 g/mol. The lowest BCUT2D eigenvalue weighted by Crippen LogP contribution is -2.20. The van der Waals surface area contributed by atoms with E-state index in [1.54, 1.807) is 12.1 Å². The van der Waals surface area contributed by atoms with Gasteiger partial charge in [0.05, 0.1) is 5.69 Å². The Hall–Kier alpha value is -1.88. The zero-order chi connectivity index (χ0) is 12.1. The molecule has 5 heteroatoms. The van der Waals surface area contributed by atoms with E-state index in [9.17, 15) is 4.79 Å². The molecule has 2 aromatic rings. The molecule has 17 heavy (non-hydrogen) atoms. The van der Waals surface area contributed by atoms with E-state index in [4.69, 9.17) is 4.74 Å². The lowest BCUT2D eigenvalue weighted by atomic mass is 10.3. The van der Waals surface area contributed by atoms with Crippen LogP contribution in [0, 0.1) is 6.92 Å². The Labute approximate surface area is 103 Å². The van der Waals surface area contributed by atoms with Gasteiger partial charge < -0.3 is 4.74 Å². The van der Waals surface area contributed by atoms with Gasteiger partial charge in [-0.3, -0.25) is 10.1 Å². The summed E-state index contributed by atoms with van der Waals surface area (Å²) >= 11 is 1.40. The van der Waals surface area contributed by atoms with E-state index in [1.165, 1.54) is 11.3 Å². The normalized spacial score (nSPS) is 9.94. The molecule has 0 atom stereocenters. The summed E-state index contributed by atoms with van der Waals surface area (Å²) in [5.74, 6) is 0.473. The second-order valence-electron chi connectivity index (χ2n) is 3.44. The molecule has 0 unspecified atom stereocenters. The van der Waals surface area contributed by atoms with Crippen molar-refractivity contribution in [3.8, 4) is 5.75 Å². The predicted molar refractivity (Wildman–Crippen MR) is 67.4 cm³/mol. The van der Waals surface area contributed by atoms with Crippen LogP contribution in [0.4, 0.5) is 5.13 Å². The molecule has 1 aromatic carbocycles. The highest BCUT2D eigenvalue weighted by Crippen LogP contribution is 2.14. The second-order valence-corrected chi connectivity index (χ2v) is 4.30. The molecule has 0 spiro atoms. The van der Waals surface area contributed by atoms with Crippen molar-refractivity contribution in [2.24, 2.45) is 0 Å². The summed E-state index contributed by atoms with van der Waals surface area (Å²) in [5.41, 5.74) is 0.897. The van der Waals surface area contributed by atoms with Gasteiger partial charge in [-0.2, -0.15) is 0 Å². The number of amides is 1. The highest BCUT2D eigenvalue weighted by molar-refractivity contribution is 7.13. The minimum absolute atomic E-state index is 0.0113. The number of anilines is 1. The fourth-order valence-corrected chi connectivity index (χ4v) is 1.94. The van der Waals surface area contributed by atoms with E-state index in [-0.39, 0.29) is 12.5 Å². The van der Waals surface area contributed by atoms with Crippen LogP contribution in [0.3, 0.4) is 0 Å². The molecule has 1 N–H and O–H groups in total. The number of aryl methyl sites for hydroxylation is 1. The Balaban J connectivity index is 1.82. The molecule has 0 saturated carbocycles. The summed E-state index contributed by atoms with van der Waals surface area (Å²) in [4.78, 5) is 15.7. The fraction of sp³-hybridized carbons (Fsp3) is 0.167. The quantitative estimate of drug-likeness (QED) is 0.904. The van der Waals surface area contributed by atoms with Gasteiger partial charge in [-0.15, -0.1) is 11.3 Å². The predicted octanol–water partition coefficient (Wildman–Crippen LogP) is 2.47. The van der Waals surface area contributed by atoms with Gasteiger partial charge in [-0.25, -0.2) is 4.98 Å². The molecule has 1 amide bonds. The van der Waals surface area contributed by atoms with Crippen LogP contribution in [0.2, 0.25) is 0 Å². The molecule has 0 fully saturated rings. The average molecular weight is 248 g/mol. The Morgan fingerprint density at radius 1 is 1.41 bits per heavy atom. The van der Waals surface area contributed by atoms with Gasteiger partial charge in [0.2, 0.25) is 0 Å². The minimum Gasteiger partial charge on any atom is -0.484 e. The number of hydrogen-bond acceptors (Lipinski definition) is 4. The van der Waals surface area contributed by atoms with Crippen LogP contribution in [0.1, 0.15) is 5.69 Å². The summed E-state index contributed by atoms with van der Waals surface area (Å²) in [6.07, 6.45) is 0. The molecule has 2 rings (SSSR count). The topological polar surface area (TPSA) is 51.2 Å². The molecule has 0 saturated heterocycles. The van der Waals surface area contributed by atoms with E-state index < -0.39 is 0 Å². The molecule has 1 aromatic heterocycles. The molecule has 0 radical (unpaired) electrons. The third kappa shape index (κ3) is 3.57. The number of nitrogens with zero attached hydrogens (tertiary/aromatic N) is 1. The Bertz CT molecular complexity index is 496. The summed E-state index contributed by atoms with van der Waals surface area (Å²) in [5, 5.41) is 5.16. The number of aromatic nitrogens is 1. The van der Waals surface area contributed by atoms with E-state index >= 15 is 0 Å². The SMILES string of the molecule is Cc1csc(NC(=O)COc2ccccc2)n1. The number of carbonyl (C=O) groups excluding carboxylic acids is 1. The van der Waals surface area contributed by atoms with Gasteiger partial charge in [-0.1, -0.05) is 18.2 Å². The van der Waals surface area contributed by atoms with Crippen LogP contribution < -0.4 is 10.1 Å². The highest BCUT2D eigenvalue weighted by atomic mass is 32.1. The van der Waals surface area contributed by atoms with E-state index in [0.29, 0.717) is 10.9 Å².